The highest BCUT2D eigenvalue weighted by atomic mass is 32.2. The number of carbonyl (C=O) groups is 8. The van der Waals surface area contributed by atoms with Crippen molar-refractivity contribution >= 4 is 65.0 Å². The zero-order chi connectivity index (χ0) is 61.1. The Kier molecular flexibility index (Phi) is 24.3. The number of hydrogen-bond acceptors (Lipinski definition) is 12. The summed E-state index contributed by atoms with van der Waals surface area (Å²) >= 11 is 1.23. The van der Waals surface area contributed by atoms with E-state index in [1.54, 1.807) is 59.7 Å². The van der Waals surface area contributed by atoms with Gasteiger partial charge >= 0.3 is 12.1 Å². The third-order valence-corrected chi connectivity index (χ3v) is 15.0. The molecule has 1 aromatic heterocycles. The van der Waals surface area contributed by atoms with Gasteiger partial charge in [-0.05, 0) is 90.6 Å². The number of nitrogens with one attached hydrogen (secondary N) is 6. The van der Waals surface area contributed by atoms with E-state index < -0.39 is 77.0 Å². The van der Waals surface area contributed by atoms with Crippen molar-refractivity contribution in [3.63, 3.8) is 0 Å². The summed E-state index contributed by atoms with van der Waals surface area (Å²) in [5.41, 5.74) is 5.90. The lowest BCUT2D eigenvalue weighted by Crippen LogP contribution is -2.54. The normalized spacial score (nSPS) is 16.0. The lowest BCUT2D eigenvalue weighted by atomic mass is 9.84. The summed E-state index contributed by atoms with van der Waals surface area (Å²) in [6, 6.07) is 11.7. The maximum atomic E-state index is 15.4. The first-order chi connectivity index (χ1) is 40.0. The van der Waals surface area contributed by atoms with Gasteiger partial charge in [0.1, 0.15) is 48.1 Å². The van der Waals surface area contributed by atoms with E-state index >= 15 is 8.78 Å². The molecule has 0 saturated carbocycles. The molecule has 2 aliphatic heterocycles. The molecule has 1 fully saturated rings. The molecule has 4 aromatic rings. The van der Waals surface area contributed by atoms with Gasteiger partial charge in [-0.15, -0.1) is 0 Å². The Balaban J connectivity index is 1.01. The van der Waals surface area contributed by atoms with Gasteiger partial charge in [-0.3, -0.25) is 33.7 Å². The Bertz CT molecular complexity index is 2980. The molecule has 6 rings (SSSR count). The van der Waals surface area contributed by atoms with Crippen LogP contribution < -0.4 is 37.6 Å². The molecule has 5 atom stereocenters. The summed E-state index contributed by atoms with van der Waals surface area (Å²) in [7, 11) is 0. The fourth-order valence-electron chi connectivity index (χ4n) is 9.70. The zero-order valence-electron chi connectivity index (χ0n) is 47.8. The van der Waals surface area contributed by atoms with Crippen LogP contribution in [-0.4, -0.2) is 136 Å². The third-order valence-electron chi connectivity index (χ3n) is 14.0. The number of ether oxygens (including phenoxy) is 1. The molecule has 25 heteroatoms. The monoisotopic (exact) mass is 1190 g/mol. The summed E-state index contributed by atoms with van der Waals surface area (Å²) in [6.45, 7) is 9.98. The second kappa shape index (κ2) is 31.2. The first-order valence-corrected chi connectivity index (χ1v) is 29.1. The van der Waals surface area contributed by atoms with Gasteiger partial charge in [0.2, 0.25) is 23.6 Å². The van der Waals surface area contributed by atoms with E-state index in [1.807, 2.05) is 20.8 Å². The minimum Gasteiger partial charge on any atom is -0.445 e. The van der Waals surface area contributed by atoms with Crippen LogP contribution in [0.5, 0.6) is 0 Å². The molecule has 0 spiro atoms. The lowest BCUT2D eigenvalue weighted by molar-refractivity contribution is -0.137. The molecule has 3 heterocycles. The molecule has 454 valence electrons. The Morgan fingerprint density at radius 2 is 1.58 bits per heavy atom. The number of halogens is 4. The Morgan fingerprint density at radius 3 is 2.25 bits per heavy atom. The Morgan fingerprint density at radius 1 is 0.857 bits per heavy atom. The number of alkyl halides is 1. The van der Waals surface area contributed by atoms with Crippen molar-refractivity contribution in [2.24, 2.45) is 23.0 Å². The van der Waals surface area contributed by atoms with E-state index in [1.165, 1.54) is 42.2 Å². The number of thioether (sulfide) groups is 1. The predicted molar refractivity (Wildman–Crippen MR) is 309 cm³/mol. The molecular formula is C59H75F4N11O9S. The van der Waals surface area contributed by atoms with Crippen LogP contribution in [0.2, 0.25) is 0 Å². The summed E-state index contributed by atoms with van der Waals surface area (Å²) in [4.78, 5) is 110. The van der Waals surface area contributed by atoms with E-state index in [-0.39, 0.29) is 117 Å². The molecule has 0 aliphatic carbocycles. The van der Waals surface area contributed by atoms with Crippen LogP contribution in [0.15, 0.2) is 85.1 Å². The van der Waals surface area contributed by atoms with Crippen LogP contribution in [0, 0.1) is 34.7 Å². The molecule has 8 N–H and O–H groups in total. The highest BCUT2D eigenvalue weighted by Gasteiger charge is 2.41. The van der Waals surface area contributed by atoms with Crippen LogP contribution in [0.3, 0.4) is 0 Å². The predicted octanol–water partition coefficient (Wildman–Crippen LogP) is 6.65. The van der Waals surface area contributed by atoms with Gasteiger partial charge in [0.15, 0.2) is 0 Å². The van der Waals surface area contributed by atoms with Crippen LogP contribution in [0.1, 0.15) is 96.1 Å². The van der Waals surface area contributed by atoms with Gasteiger partial charge in [-0.25, -0.2) is 32.1 Å². The van der Waals surface area contributed by atoms with Gasteiger partial charge in [0, 0.05) is 93.5 Å². The number of carbonyl (C=O) groups excluding carboxylic acids is 8. The summed E-state index contributed by atoms with van der Waals surface area (Å²) < 4.78 is 66.7. The number of imidazole rings is 1. The van der Waals surface area contributed by atoms with Crippen molar-refractivity contribution < 1.29 is 60.7 Å². The second-order valence-electron chi connectivity index (χ2n) is 22.1. The number of imide groups is 1. The van der Waals surface area contributed by atoms with Crippen molar-refractivity contribution in [3.8, 4) is 11.3 Å². The molecule has 3 aromatic carbocycles. The number of nitrogens with two attached hydrogens (primary N) is 1. The van der Waals surface area contributed by atoms with E-state index in [0.717, 1.165) is 23.1 Å². The molecule has 5 unspecified atom stereocenters. The Labute approximate surface area is 490 Å². The third kappa shape index (κ3) is 19.7. The molecular weight excluding hydrogens is 1110 g/mol. The van der Waals surface area contributed by atoms with E-state index in [2.05, 4.69) is 31.9 Å². The molecule has 9 amide bonds. The number of rotatable bonds is 30. The van der Waals surface area contributed by atoms with Gasteiger partial charge in [0.05, 0.1) is 17.5 Å². The molecule has 1 saturated heterocycles. The summed E-state index contributed by atoms with van der Waals surface area (Å²) in [5.74, 6) is -4.98. The maximum absolute atomic E-state index is 15.4. The fraction of sp³-hybridized carbons (Fsp3) is 0.475. The number of benzene rings is 3. The number of alkyl carbamates (subject to hydrolysis) is 1. The van der Waals surface area contributed by atoms with Crippen LogP contribution in [-0.2, 0) is 46.7 Å². The van der Waals surface area contributed by atoms with Gasteiger partial charge in [-0.2, -0.15) is 11.8 Å². The van der Waals surface area contributed by atoms with Gasteiger partial charge in [0.25, 0.3) is 11.8 Å². The smallest absolute Gasteiger partial charge is 0.407 e. The van der Waals surface area contributed by atoms with E-state index in [0.29, 0.717) is 48.4 Å². The van der Waals surface area contributed by atoms with Crippen LogP contribution >= 0.6 is 11.8 Å². The molecule has 2 aliphatic rings. The van der Waals surface area contributed by atoms with Crippen molar-refractivity contribution in [3.05, 3.63) is 119 Å². The summed E-state index contributed by atoms with van der Waals surface area (Å²) in [5, 5.41) is 16.4. The zero-order valence-corrected chi connectivity index (χ0v) is 48.6. The first kappa shape index (κ1) is 65.4. The molecule has 0 bridgehead atoms. The minimum atomic E-state index is -1.25. The van der Waals surface area contributed by atoms with Crippen LogP contribution in [0.25, 0.3) is 11.3 Å². The number of amides is 9. The number of anilines is 1. The lowest BCUT2D eigenvalue weighted by Gasteiger charge is -2.41. The SMILES string of the molecule is CC(C)C(NC(=O)CCCCCN1C(=O)C=CC1=O)C(=O)NC(CCCNC(N)=O)C(=O)Nc1ccc(COC(=O)NCCSCC(=O)N(CC2CNCC2F)C(c2nc(-c3cc(F)ccc3F)cn2Cc2cccc(F)c2)C(C)(C)C)cc1. The van der Waals surface area contributed by atoms with Crippen molar-refractivity contribution in [2.75, 3.05) is 56.1 Å². The van der Waals surface area contributed by atoms with E-state index in [4.69, 9.17) is 15.5 Å². The fourth-order valence-corrected chi connectivity index (χ4v) is 10.4. The number of hydrogen-bond donors (Lipinski definition) is 7. The molecule has 84 heavy (non-hydrogen) atoms. The Hall–Kier alpha value is -7.80. The highest BCUT2D eigenvalue weighted by Crippen LogP contribution is 2.41. The van der Waals surface area contributed by atoms with Crippen molar-refractivity contribution in [1.29, 1.82) is 0 Å². The molecule has 0 radical (unpaired) electrons. The number of nitrogens with zero attached hydrogens (tertiary/aromatic N) is 4. The largest absolute Gasteiger partial charge is 0.445 e. The molecule has 20 nitrogen and oxygen atoms in total. The topological polar surface area (TPSA) is 268 Å². The maximum Gasteiger partial charge on any atom is 0.407 e. The average molecular weight is 1190 g/mol. The highest BCUT2D eigenvalue weighted by molar-refractivity contribution is 7.99. The quantitative estimate of drug-likeness (QED) is 0.0164. The second-order valence-corrected chi connectivity index (χ2v) is 23.2. The standard InChI is InChI=1S/C59H75F4N11O9S/c1-36(2)52(71-48(75)14-7-6-8-25-73-49(76)21-22-50(73)77)56(80)70-46(13-10-23-66-57(64)81)55(79)68-42-18-15-37(16-19-42)34-83-58(82)67-24-26-84-35-51(78)74(32-39-29-65-30-45(39)63)53(59(3,4)5)54-69-47(43-28-41(61)17-20-44(43)62)33-72(54)31-38-11-9-12-40(60)27-38/h9,11-12,15-22,27-28,33,36,39,45-46,52-53,65H,6-8,10,13-14,23-26,29-32,34-35H2,1-5H3,(H,67,82)(H,68,79)(H,70,80)(H,71,75)(H3,64,66,81). The van der Waals surface area contributed by atoms with Gasteiger partial charge < -0.3 is 51.8 Å². The van der Waals surface area contributed by atoms with Crippen molar-refractivity contribution in [2.45, 2.75) is 111 Å². The number of unbranched alkanes of at least 4 members (excludes halogenated alkanes) is 2. The van der Waals surface area contributed by atoms with Crippen LogP contribution in [0.4, 0.5) is 32.8 Å². The average Bonchev–Trinajstić information content (AvgIpc) is 2.62. The van der Waals surface area contributed by atoms with Gasteiger partial charge in [-0.1, -0.05) is 65.3 Å². The van der Waals surface area contributed by atoms with Crippen molar-refractivity contribution in [1.82, 2.24) is 45.9 Å². The number of urea groups is 1. The first-order valence-electron chi connectivity index (χ1n) is 27.9. The summed E-state index contributed by atoms with van der Waals surface area (Å²) in [6.07, 6.45) is 3.93. The number of aromatic nitrogens is 2. The van der Waals surface area contributed by atoms with E-state index in [9.17, 15) is 47.1 Å². The minimum absolute atomic E-state index is 0.00147. The number of primary amides is 1.